The summed E-state index contributed by atoms with van der Waals surface area (Å²) >= 11 is 1.52. The molecule has 7 heteroatoms. The van der Waals surface area contributed by atoms with Crippen LogP contribution in [-0.4, -0.2) is 28.7 Å². The van der Waals surface area contributed by atoms with Gasteiger partial charge in [-0.15, -0.1) is 11.3 Å². The number of carbonyl (C=O) groups is 2. The molecular formula is C15H15NO5S. The molecule has 116 valence electrons. The third kappa shape index (κ3) is 3.98. The second-order valence-electron chi connectivity index (χ2n) is 4.58. The van der Waals surface area contributed by atoms with Gasteiger partial charge in [-0.3, -0.25) is 4.79 Å². The highest BCUT2D eigenvalue weighted by Crippen LogP contribution is 2.23. The molecule has 0 unspecified atom stereocenters. The van der Waals surface area contributed by atoms with Gasteiger partial charge in [0.2, 0.25) is 0 Å². The van der Waals surface area contributed by atoms with E-state index in [1.54, 1.807) is 0 Å². The SMILES string of the molecule is C[C@@H](NC(=O)COC(=O)c1ccc(O)cc1O)c1cccs1. The minimum absolute atomic E-state index is 0.114. The number of ether oxygens (including phenoxy) is 1. The van der Waals surface area contributed by atoms with Gasteiger partial charge in [-0.2, -0.15) is 0 Å². The third-order valence-corrected chi connectivity index (χ3v) is 3.94. The molecule has 0 aliphatic carbocycles. The maximum Gasteiger partial charge on any atom is 0.342 e. The number of hydrogen-bond acceptors (Lipinski definition) is 6. The fraction of sp³-hybridized carbons (Fsp3) is 0.200. The van der Waals surface area contributed by atoms with E-state index in [1.165, 1.54) is 23.5 Å². The van der Waals surface area contributed by atoms with Crippen molar-refractivity contribution in [2.75, 3.05) is 6.61 Å². The van der Waals surface area contributed by atoms with Crippen molar-refractivity contribution < 1.29 is 24.5 Å². The van der Waals surface area contributed by atoms with Crippen LogP contribution >= 0.6 is 11.3 Å². The number of phenols is 2. The van der Waals surface area contributed by atoms with E-state index in [4.69, 9.17) is 9.84 Å². The predicted molar refractivity (Wildman–Crippen MR) is 80.9 cm³/mol. The van der Waals surface area contributed by atoms with Crippen LogP contribution in [0.4, 0.5) is 0 Å². The van der Waals surface area contributed by atoms with Gasteiger partial charge in [0.1, 0.15) is 17.1 Å². The summed E-state index contributed by atoms with van der Waals surface area (Å²) in [6.45, 7) is 1.38. The van der Waals surface area contributed by atoms with Crippen molar-refractivity contribution in [2.24, 2.45) is 0 Å². The molecule has 1 heterocycles. The zero-order valence-electron chi connectivity index (χ0n) is 11.8. The van der Waals surface area contributed by atoms with Crippen LogP contribution in [0.1, 0.15) is 28.2 Å². The van der Waals surface area contributed by atoms with Crippen LogP contribution in [0.3, 0.4) is 0 Å². The van der Waals surface area contributed by atoms with Gasteiger partial charge in [0.05, 0.1) is 6.04 Å². The third-order valence-electron chi connectivity index (χ3n) is 2.88. The quantitative estimate of drug-likeness (QED) is 0.734. The molecule has 1 atom stereocenters. The lowest BCUT2D eigenvalue weighted by molar-refractivity contribution is -0.124. The molecule has 0 aliphatic heterocycles. The van der Waals surface area contributed by atoms with Crippen molar-refractivity contribution in [2.45, 2.75) is 13.0 Å². The molecule has 3 N–H and O–H groups in total. The lowest BCUT2D eigenvalue weighted by atomic mass is 10.2. The van der Waals surface area contributed by atoms with Crippen molar-refractivity contribution in [1.29, 1.82) is 0 Å². The molecular weight excluding hydrogens is 306 g/mol. The Balaban J connectivity index is 1.86. The minimum Gasteiger partial charge on any atom is -0.508 e. The maximum atomic E-state index is 11.8. The number of phenolic OH excluding ortho intramolecular Hbond substituents is 2. The number of amides is 1. The second-order valence-corrected chi connectivity index (χ2v) is 5.56. The number of aromatic hydroxyl groups is 2. The Hall–Kier alpha value is -2.54. The normalized spacial score (nSPS) is 11.7. The van der Waals surface area contributed by atoms with E-state index in [-0.39, 0.29) is 17.4 Å². The first kappa shape index (κ1) is 15.8. The molecule has 0 spiro atoms. The summed E-state index contributed by atoms with van der Waals surface area (Å²) in [5.41, 5.74) is -0.114. The molecule has 2 aromatic rings. The Bertz CT molecular complexity index is 669. The average molecular weight is 321 g/mol. The summed E-state index contributed by atoms with van der Waals surface area (Å²) in [7, 11) is 0. The van der Waals surface area contributed by atoms with Gasteiger partial charge in [-0.1, -0.05) is 6.07 Å². The van der Waals surface area contributed by atoms with Crippen LogP contribution in [0.2, 0.25) is 0 Å². The molecule has 1 aromatic heterocycles. The Kier molecular flexibility index (Phi) is 5.00. The van der Waals surface area contributed by atoms with Gasteiger partial charge in [0, 0.05) is 10.9 Å². The van der Waals surface area contributed by atoms with E-state index in [2.05, 4.69) is 5.32 Å². The summed E-state index contributed by atoms with van der Waals surface area (Å²) in [6.07, 6.45) is 0. The average Bonchev–Trinajstić information content (AvgIpc) is 2.99. The van der Waals surface area contributed by atoms with E-state index in [0.717, 1.165) is 10.9 Å². The second kappa shape index (κ2) is 6.95. The molecule has 0 saturated carbocycles. The largest absolute Gasteiger partial charge is 0.508 e. The molecule has 6 nitrogen and oxygen atoms in total. The molecule has 2 rings (SSSR count). The number of thiophene rings is 1. The first-order valence-corrected chi connectivity index (χ1v) is 7.37. The summed E-state index contributed by atoms with van der Waals surface area (Å²) < 4.78 is 4.84. The molecule has 22 heavy (non-hydrogen) atoms. The van der Waals surface area contributed by atoms with Crippen molar-refractivity contribution in [1.82, 2.24) is 5.32 Å². The molecule has 0 radical (unpaired) electrons. The standard InChI is InChI=1S/C15H15NO5S/c1-9(13-3-2-6-22-13)16-14(19)8-21-15(20)11-5-4-10(17)7-12(11)18/h2-7,9,17-18H,8H2,1H3,(H,16,19)/t9-/m1/s1. The number of carbonyl (C=O) groups excluding carboxylic acids is 2. The van der Waals surface area contributed by atoms with E-state index in [9.17, 15) is 14.7 Å². The summed E-state index contributed by atoms with van der Waals surface area (Å²) in [6, 6.07) is 7.10. The fourth-order valence-electron chi connectivity index (χ4n) is 1.79. The van der Waals surface area contributed by atoms with Crippen LogP contribution in [0.5, 0.6) is 11.5 Å². The highest BCUT2D eigenvalue weighted by atomic mass is 32.1. The maximum absolute atomic E-state index is 11.8. The Morgan fingerprint density at radius 2 is 2.09 bits per heavy atom. The Labute approximate surface area is 131 Å². The van der Waals surface area contributed by atoms with Gasteiger partial charge < -0.3 is 20.3 Å². The first-order chi connectivity index (χ1) is 10.5. The van der Waals surface area contributed by atoms with Gasteiger partial charge in [-0.25, -0.2) is 4.79 Å². The van der Waals surface area contributed by atoms with Crippen LogP contribution in [-0.2, 0) is 9.53 Å². The molecule has 1 aromatic carbocycles. The Morgan fingerprint density at radius 1 is 1.32 bits per heavy atom. The summed E-state index contributed by atoms with van der Waals surface area (Å²) in [4.78, 5) is 24.5. The highest BCUT2D eigenvalue weighted by Gasteiger charge is 2.16. The monoisotopic (exact) mass is 321 g/mol. The topological polar surface area (TPSA) is 95.9 Å². The Morgan fingerprint density at radius 3 is 2.73 bits per heavy atom. The number of esters is 1. The summed E-state index contributed by atoms with van der Waals surface area (Å²) in [5.74, 6) is -1.85. The van der Waals surface area contributed by atoms with Gasteiger partial charge in [0.25, 0.3) is 5.91 Å². The molecule has 1 amide bonds. The van der Waals surface area contributed by atoms with Crippen LogP contribution in [0.15, 0.2) is 35.7 Å². The van der Waals surface area contributed by atoms with E-state index >= 15 is 0 Å². The number of nitrogens with one attached hydrogen (secondary N) is 1. The van der Waals surface area contributed by atoms with Gasteiger partial charge >= 0.3 is 5.97 Å². The minimum atomic E-state index is -0.837. The molecule has 0 fully saturated rings. The lowest BCUT2D eigenvalue weighted by Gasteiger charge is -2.12. The first-order valence-electron chi connectivity index (χ1n) is 6.49. The number of hydrogen-bond donors (Lipinski definition) is 3. The van der Waals surface area contributed by atoms with E-state index in [0.29, 0.717) is 0 Å². The van der Waals surface area contributed by atoms with Crippen LogP contribution in [0.25, 0.3) is 0 Å². The van der Waals surface area contributed by atoms with Crippen LogP contribution < -0.4 is 5.32 Å². The van der Waals surface area contributed by atoms with Gasteiger partial charge in [-0.05, 0) is 30.5 Å². The fourth-order valence-corrected chi connectivity index (χ4v) is 2.53. The van der Waals surface area contributed by atoms with Crippen molar-refractivity contribution in [3.05, 3.63) is 46.2 Å². The van der Waals surface area contributed by atoms with Crippen LogP contribution in [0, 0.1) is 0 Å². The predicted octanol–water partition coefficient (Wildman–Crippen LogP) is 2.19. The lowest BCUT2D eigenvalue weighted by Crippen LogP contribution is -2.30. The molecule has 0 bridgehead atoms. The molecule has 0 aliphatic rings. The highest BCUT2D eigenvalue weighted by molar-refractivity contribution is 7.10. The van der Waals surface area contributed by atoms with Crippen molar-refractivity contribution in [3.63, 3.8) is 0 Å². The van der Waals surface area contributed by atoms with Crippen molar-refractivity contribution in [3.8, 4) is 11.5 Å². The summed E-state index contributed by atoms with van der Waals surface area (Å²) in [5, 5.41) is 23.3. The van der Waals surface area contributed by atoms with E-state index in [1.807, 2.05) is 24.4 Å². The molecule has 0 saturated heterocycles. The zero-order chi connectivity index (χ0) is 16.1. The van der Waals surface area contributed by atoms with E-state index < -0.39 is 24.2 Å². The van der Waals surface area contributed by atoms with Crippen molar-refractivity contribution >= 4 is 23.2 Å². The number of benzene rings is 1. The smallest absolute Gasteiger partial charge is 0.342 e. The number of rotatable bonds is 5. The zero-order valence-corrected chi connectivity index (χ0v) is 12.6. The van der Waals surface area contributed by atoms with Gasteiger partial charge in [0.15, 0.2) is 6.61 Å².